The normalized spacial score (nSPS) is 15.3. The van der Waals surface area contributed by atoms with Crippen LogP contribution >= 0.6 is 22.6 Å². The SMILES string of the molecule is CC(C)C(C)C(N)Cc1ccc(I)cc1. The fourth-order valence-corrected chi connectivity index (χ4v) is 1.93. The first-order chi connectivity index (χ1) is 7.00. The first kappa shape index (κ1) is 13.0. The minimum absolute atomic E-state index is 0.269. The Morgan fingerprint density at radius 2 is 1.67 bits per heavy atom. The van der Waals surface area contributed by atoms with Crippen LogP contribution in [0.1, 0.15) is 26.3 Å². The zero-order valence-corrected chi connectivity index (χ0v) is 11.9. The van der Waals surface area contributed by atoms with Crippen LogP contribution in [0.25, 0.3) is 0 Å². The molecule has 0 saturated heterocycles. The molecule has 2 unspecified atom stereocenters. The molecule has 1 aromatic carbocycles. The van der Waals surface area contributed by atoms with Crippen molar-refractivity contribution in [3.05, 3.63) is 33.4 Å². The molecule has 0 radical (unpaired) electrons. The number of halogens is 1. The lowest BCUT2D eigenvalue weighted by Crippen LogP contribution is -2.33. The molecule has 1 nitrogen and oxygen atoms in total. The van der Waals surface area contributed by atoms with Crippen LogP contribution in [0, 0.1) is 15.4 Å². The average Bonchev–Trinajstić information content (AvgIpc) is 2.20. The summed E-state index contributed by atoms with van der Waals surface area (Å²) >= 11 is 2.32. The molecular weight excluding hydrogens is 297 g/mol. The number of hydrogen-bond acceptors (Lipinski definition) is 1. The summed E-state index contributed by atoms with van der Waals surface area (Å²) < 4.78 is 1.28. The highest BCUT2D eigenvalue weighted by Gasteiger charge is 2.16. The van der Waals surface area contributed by atoms with Gasteiger partial charge in [0, 0.05) is 9.61 Å². The number of nitrogens with two attached hydrogens (primary N) is 1. The molecule has 0 aromatic heterocycles. The van der Waals surface area contributed by atoms with Gasteiger partial charge in [0.05, 0.1) is 0 Å². The summed E-state index contributed by atoms with van der Waals surface area (Å²) in [6.07, 6.45) is 0.982. The highest BCUT2D eigenvalue weighted by molar-refractivity contribution is 14.1. The number of benzene rings is 1. The average molecular weight is 317 g/mol. The van der Waals surface area contributed by atoms with Gasteiger partial charge < -0.3 is 5.73 Å². The van der Waals surface area contributed by atoms with Crippen LogP contribution in [0.4, 0.5) is 0 Å². The van der Waals surface area contributed by atoms with E-state index in [0.29, 0.717) is 11.8 Å². The van der Waals surface area contributed by atoms with E-state index in [0.717, 1.165) is 6.42 Å². The monoisotopic (exact) mass is 317 g/mol. The van der Waals surface area contributed by atoms with Crippen LogP contribution in [0.15, 0.2) is 24.3 Å². The van der Waals surface area contributed by atoms with Gasteiger partial charge in [-0.2, -0.15) is 0 Å². The van der Waals surface area contributed by atoms with Crippen LogP contribution in [-0.2, 0) is 6.42 Å². The molecule has 0 bridgehead atoms. The van der Waals surface area contributed by atoms with Crippen LogP contribution in [0.3, 0.4) is 0 Å². The molecule has 84 valence electrons. The molecule has 0 aliphatic carbocycles. The second kappa shape index (κ2) is 5.85. The molecule has 0 aliphatic heterocycles. The number of hydrogen-bond donors (Lipinski definition) is 1. The molecule has 0 fully saturated rings. The van der Waals surface area contributed by atoms with Crippen LogP contribution in [-0.4, -0.2) is 6.04 Å². The topological polar surface area (TPSA) is 26.0 Å². The van der Waals surface area contributed by atoms with Gasteiger partial charge in [0.25, 0.3) is 0 Å². The second-order valence-electron chi connectivity index (χ2n) is 4.60. The van der Waals surface area contributed by atoms with E-state index in [-0.39, 0.29) is 6.04 Å². The molecule has 0 spiro atoms. The van der Waals surface area contributed by atoms with Crippen molar-refractivity contribution in [2.75, 3.05) is 0 Å². The third kappa shape index (κ3) is 4.11. The standard InChI is InChI=1S/C13H20IN/c1-9(2)10(3)13(15)8-11-4-6-12(14)7-5-11/h4-7,9-10,13H,8,15H2,1-3H3. The Balaban J connectivity index is 2.58. The maximum Gasteiger partial charge on any atom is 0.0130 e. The summed E-state index contributed by atoms with van der Waals surface area (Å²) in [4.78, 5) is 0. The highest BCUT2D eigenvalue weighted by atomic mass is 127. The smallest absolute Gasteiger partial charge is 0.0130 e. The Hall–Kier alpha value is -0.0900. The van der Waals surface area contributed by atoms with E-state index in [1.165, 1.54) is 9.13 Å². The molecule has 1 rings (SSSR count). The van der Waals surface area contributed by atoms with Gasteiger partial charge in [0.2, 0.25) is 0 Å². The summed E-state index contributed by atoms with van der Waals surface area (Å²) in [7, 11) is 0. The summed E-state index contributed by atoms with van der Waals surface area (Å²) in [6, 6.07) is 8.90. The molecular formula is C13H20IN. The summed E-state index contributed by atoms with van der Waals surface area (Å²) in [5.74, 6) is 1.23. The minimum atomic E-state index is 0.269. The van der Waals surface area contributed by atoms with Gasteiger partial charge in [-0.1, -0.05) is 32.9 Å². The molecule has 2 N–H and O–H groups in total. The molecule has 2 atom stereocenters. The van der Waals surface area contributed by atoms with Crippen LogP contribution in [0.5, 0.6) is 0 Å². The molecule has 0 aliphatic rings. The Kier molecular flexibility index (Phi) is 5.06. The van der Waals surface area contributed by atoms with Crippen molar-refractivity contribution >= 4 is 22.6 Å². The first-order valence-corrected chi connectivity index (χ1v) is 6.58. The van der Waals surface area contributed by atoms with Gasteiger partial charge in [0.15, 0.2) is 0 Å². The fourth-order valence-electron chi connectivity index (χ4n) is 1.57. The molecule has 0 saturated carbocycles. The molecule has 0 amide bonds. The van der Waals surface area contributed by atoms with Crippen molar-refractivity contribution in [3.8, 4) is 0 Å². The fraction of sp³-hybridized carbons (Fsp3) is 0.538. The predicted molar refractivity (Wildman–Crippen MR) is 74.8 cm³/mol. The van der Waals surface area contributed by atoms with Crippen LogP contribution < -0.4 is 5.73 Å². The van der Waals surface area contributed by atoms with E-state index in [2.05, 4.69) is 67.6 Å². The Bertz CT molecular complexity index is 292. The van der Waals surface area contributed by atoms with Crippen LogP contribution in [0.2, 0.25) is 0 Å². The van der Waals surface area contributed by atoms with Gasteiger partial charge in [0.1, 0.15) is 0 Å². The van der Waals surface area contributed by atoms with E-state index in [4.69, 9.17) is 5.73 Å². The lowest BCUT2D eigenvalue weighted by molar-refractivity contribution is 0.344. The molecule has 2 heteroatoms. The van der Waals surface area contributed by atoms with E-state index in [9.17, 15) is 0 Å². The third-order valence-electron chi connectivity index (χ3n) is 3.11. The van der Waals surface area contributed by atoms with Crippen molar-refractivity contribution in [1.82, 2.24) is 0 Å². The lowest BCUT2D eigenvalue weighted by atomic mass is 9.87. The van der Waals surface area contributed by atoms with Crippen molar-refractivity contribution in [3.63, 3.8) is 0 Å². The second-order valence-corrected chi connectivity index (χ2v) is 5.84. The maximum atomic E-state index is 6.19. The predicted octanol–water partition coefficient (Wildman–Crippen LogP) is 3.45. The maximum absolute atomic E-state index is 6.19. The minimum Gasteiger partial charge on any atom is -0.327 e. The van der Waals surface area contributed by atoms with Gasteiger partial charge in [-0.15, -0.1) is 0 Å². The van der Waals surface area contributed by atoms with Gasteiger partial charge in [-0.3, -0.25) is 0 Å². The Morgan fingerprint density at radius 3 is 2.13 bits per heavy atom. The summed E-state index contributed by atoms with van der Waals surface area (Å²) in [5, 5.41) is 0. The van der Waals surface area contributed by atoms with Crippen molar-refractivity contribution < 1.29 is 0 Å². The first-order valence-electron chi connectivity index (χ1n) is 5.50. The molecule has 15 heavy (non-hydrogen) atoms. The Labute approximate surface area is 107 Å². The van der Waals surface area contributed by atoms with E-state index in [1.54, 1.807) is 0 Å². The third-order valence-corrected chi connectivity index (χ3v) is 3.83. The van der Waals surface area contributed by atoms with E-state index in [1.807, 2.05) is 0 Å². The molecule has 0 heterocycles. The van der Waals surface area contributed by atoms with Crippen molar-refractivity contribution in [1.29, 1.82) is 0 Å². The lowest BCUT2D eigenvalue weighted by Gasteiger charge is -2.23. The zero-order chi connectivity index (χ0) is 11.4. The Morgan fingerprint density at radius 1 is 1.13 bits per heavy atom. The highest BCUT2D eigenvalue weighted by Crippen LogP contribution is 2.17. The van der Waals surface area contributed by atoms with Gasteiger partial charge in [-0.05, 0) is 58.5 Å². The van der Waals surface area contributed by atoms with Gasteiger partial charge >= 0.3 is 0 Å². The zero-order valence-electron chi connectivity index (χ0n) is 9.70. The van der Waals surface area contributed by atoms with E-state index >= 15 is 0 Å². The summed E-state index contributed by atoms with van der Waals surface area (Å²) in [6.45, 7) is 6.71. The quantitative estimate of drug-likeness (QED) is 0.846. The van der Waals surface area contributed by atoms with Crippen molar-refractivity contribution in [2.24, 2.45) is 17.6 Å². The van der Waals surface area contributed by atoms with Crippen molar-refractivity contribution in [2.45, 2.75) is 33.2 Å². The summed E-state index contributed by atoms with van der Waals surface area (Å²) in [5.41, 5.74) is 7.53. The van der Waals surface area contributed by atoms with Gasteiger partial charge in [-0.25, -0.2) is 0 Å². The van der Waals surface area contributed by atoms with E-state index < -0.39 is 0 Å². The largest absolute Gasteiger partial charge is 0.327 e. The molecule has 1 aromatic rings. The number of rotatable bonds is 4.